The van der Waals surface area contributed by atoms with Crippen LogP contribution in [0.25, 0.3) is 0 Å². The van der Waals surface area contributed by atoms with E-state index in [-0.39, 0.29) is 31.5 Å². The predicted octanol–water partition coefficient (Wildman–Crippen LogP) is 24.3. The number of phosphoric ester groups is 1. The van der Waals surface area contributed by atoms with Gasteiger partial charge < -0.3 is 28.5 Å². The van der Waals surface area contributed by atoms with E-state index in [9.17, 15) is 19.0 Å². The number of esters is 1. The quantitative estimate of drug-likeness (QED) is 0.0212. The first-order valence-corrected chi connectivity index (χ1v) is 40.1. The van der Waals surface area contributed by atoms with Crippen LogP contribution in [-0.4, -0.2) is 69.4 Å². The molecule has 0 aromatic heterocycles. The van der Waals surface area contributed by atoms with E-state index in [1.807, 2.05) is 33.3 Å². The number of carbonyl (C=O) groups is 2. The molecule has 89 heavy (non-hydrogen) atoms. The van der Waals surface area contributed by atoms with Gasteiger partial charge in [0.2, 0.25) is 5.91 Å². The SMILES string of the molecule is CCCCC/C=C\C/C=C\C/C=C\C/C=C\CCCCCCCCCCCCCC(=O)OC(/C=C/CCCCCCCCCCCCC)C(COP(=O)([O-])OCC[N+](C)(C)C)NC(=O)CCCCCCCCCCCCCCCCCCCCCCCCC. The lowest BCUT2D eigenvalue weighted by atomic mass is 10.0. The standard InChI is InChI=1S/C79H149N2O7P/c1-7-10-13-16-19-22-25-28-30-32-34-36-38-39-40-41-43-45-47-49-51-54-57-60-63-66-69-72-79(83)88-77(70-67-64-61-58-55-52-27-24-21-18-15-12-9-3)76(75-87-89(84,85)86-74-73-81(4,5)6)80-78(82)71-68-65-62-59-56-53-50-48-46-44-42-37-35-33-31-29-26-23-20-17-14-11-8-2/h19,22,28,30,34,36,39-40,67,70,76-77H,7-18,20-21,23-27,29,31-33,35,37-38,41-66,68-69,71-75H2,1-6H3,(H-,80,82,84,85)/b22-19-,30-28-,36-34-,40-39-,70-67+. The van der Waals surface area contributed by atoms with E-state index in [1.54, 1.807) is 0 Å². The average molecular weight is 1270 g/mol. The van der Waals surface area contributed by atoms with Gasteiger partial charge in [-0.15, -0.1) is 0 Å². The molecule has 0 bridgehead atoms. The monoisotopic (exact) mass is 1270 g/mol. The number of ether oxygens (including phenoxy) is 1. The number of phosphoric acid groups is 1. The minimum Gasteiger partial charge on any atom is -0.756 e. The summed E-state index contributed by atoms with van der Waals surface area (Å²) in [7, 11) is 1.20. The van der Waals surface area contributed by atoms with Gasteiger partial charge in [0.05, 0.1) is 33.8 Å². The van der Waals surface area contributed by atoms with Gasteiger partial charge in [0, 0.05) is 12.8 Å². The van der Waals surface area contributed by atoms with Gasteiger partial charge in [0.25, 0.3) is 7.82 Å². The van der Waals surface area contributed by atoms with Crippen molar-refractivity contribution in [3.63, 3.8) is 0 Å². The van der Waals surface area contributed by atoms with Crippen LogP contribution in [0.3, 0.4) is 0 Å². The number of quaternary nitrogens is 1. The van der Waals surface area contributed by atoms with Gasteiger partial charge in [-0.2, -0.15) is 0 Å². The summed E-state index contributed by atoms with van der Waals surface area (Å²) in [6.07, 6.45) is 89.2. The van der Waals surface area contributed by atoms with Crippen LogP contribution in [-0.2, 0) is 27.9 Å². The zero-order valence-electron chi connectivity index (χ0n) is 59.9. The molecule has 0 aliphatic carbocycles. The van der Waals surface area contributed by atoms with E-state index in [1.165, 1.54) is 270 Å². The van der Waals surface area contributed by atoms with E-state index in [0.717, 1.165) is 77.0 Å². The fraction of sp³-hybridized carbons (Fsp3) is 0.848. The molecule has 0 aliphatic rings. The number of amides is 1. The molecule has 9 nitrogen and oxygen atoms in total. The van der Waals surface area contributed by atoms with Crippen LogP contribution in [0.1, 0.15) is 380 Å². The molecule has 0 saturated heterocycles. The van der Waals surface area contributed by atoms with Crippen molar-refractivity contribution in [1.82, 2.24) is 5.32 Å². The third-order valence-electron chi connectivity index (χ3n) is 17.5. The second kappa shape index (κ2) is 68.6. The largest absolute Gasteiger partial charge is 0.756 e. The van der Waals surface area contributed by atoms with Gasteiger partial charge >= 0.3 is 5.97 Å². The Hall–Kier alpha value is -2.29. The Balaban J connectivity index is 5.00. The number of unbranched alkanes of at least 4 members (excludes halogenated alkanes) is 47. The van der Waals surface area contributed by atoms with Crippen LogP contribution in [0.5, 0.6) is 0 Å². The van der Waals surface area contributed by atoms with Crippen LogP contribution >= 0.6 is 7.82 Å². The number of rotatable bonds is 71. The molecule has 1 N–H and O–H groups in total. The highest BCUT2D eigenvalue weighted by Crippen LogP contribution is 2.38. The van der Waals surface area contributed by atoms with E-state index < -0.39 is 20.0 Å². The fourth-order valence-electron chi connectivity index (χ4n) is 11.5. The highest BCUT2D eigenvalue weighted by Gasteiger charge is 2.27. The normalized spacial score (nSPS) is 13.7. The number of likely N-dealkylation sites (N-methyl/N-ethyl adjacent to an activating group) is 1. The van der Waals surface area contributed by atoms with Gasteiger partial charge in [-0.1, -0.05) is 352 Å². The van der Waals surface area contributed by atoms with Crippen LogP contribution in [0.15, 0.2) is 60.8 Å². The lowest BCUT2D eigenvalue weighted by Gasteiger charge is -2.30. The Morgan fingerprint density at radius 1 is 0.393 bits per heavy atom. The smallest absolute Gasteiger partial charge is 0.306 e. The maximum absolute atomic E-state index is 13.6. The Morgan fingerprint density at radius 2 is 0.685 bits per heavy atom. The maximum atomic E-state index is 13.6. The minimum atomic E-state index is -4.71. The van der Waals surface area contributed by atoms with Crippen molar-refractivity contribution in [1.29, 1.82) is 0 Å². The van der Waals surface area contributed by atoms with E-state index in [2.05, 4.69) is 74.7 Å². The first-order chi connectivity index (χ1) is 43.4. The predicted molar refractivity (Wildman–Crippen MR) is 385 cm³/mol. The number of hydrogen-bond donors (Lipinski definition) is 1. The minimum absolute atomic E-state index is 0.0214. The van der Waals surface area contributed by atoms with Crippen LogP contribution in [0.4, 0.5) is 0 Å². The Bertz CT molecular complexity index is 1700. The fourth-order valence-corrected chi connectivity index (χ4v) is 12.2. The van der Waals surface area contributed by atoms with Crippen molar-refractivity contribution in [3.05, 3.63) is 60.8 Å². The van der Waals surface area contributed by atoms with Gasteiger partial charge in [-0.3, -0.25) is 14.2 Å². The summed E-state index contributed by atoms with van der Waals surface area (Å²) in [6.45, 7) is 6.88. The van der Waals surface area contributed by atoms with Crippen molar-refractivity contribution in [2.24, 2.45) is 0 Å². The second-order valence-corrected chi connectivity index (χ2v) is 28.9. The summed E-state index contributed by atoms with van der Waals surface area (Å²) in [5.74, 6) is -0.525. The van der Waals surface area contributed by atoms with Crippen molar-refractivity contribution in [2.45, 2.75) is 392 Å². The Labute approximate surface area is 553 Å². The summed E-state index contributed by atoms with van der Waals surface area (Å²) in [5, 5.41) is 3.06. The Kier molecular flexibility index (Phi) is 66.8. The third-order valence-corrected chi connectivity index (χ3v) is 18.4. The Morgan fingerprint density at radius 3 is 1.04 bits per heavy atom. The third kappa shape index (κ3) is 69.9. The zero-order chi connectivity index (χ0) is 64.9. The molecule has 0 fully saturated rings. The number of nitrogens with zero attached hydrogens (tertiary/aromatic N) is 1. The van der Waals surface area contributed by atoms with Crippen LogP contribution in [0.2, 0.25) is 0 Å². The van der Waals surface area contributed by atoms with Crippen LogP contribution < -0.4 is 10.2 Å². The molecule has 3 atom stereocenters. The summed E-state index contributed by atoms with van der Waals surface area (Å²) in [4.78, 5) is 40.3. The summed E-state index contributed by atoms with van der Waals surface area (Å²) in [6, 6.07) is -0.890. The van der Waals surface area contributed by atoms with Gasteiger partial charge in [0.15, 0.2) is 0 Å². The molecular formula is C79H149N2O7P. The first-order valence-electron chi connectivity index (χ1n) is 38.6. The molecule has 0 radical (unpaired) electrons. The molecular weight excluding hydrogens is 1120 g/mol. The van der Waals surface area contributed by atoms with Crippen molar-refractivity contribution in [2.75, 3.05) is 40.9 Å². The number of carbonyl (C=O) groups excluding carboxylic acids is 2. The zero-order valence-corrected chi connectivity index (χ0v) is 60.8. The molecule has 0 rings (SSSR count). The van der Waals surface area contributed by atoms with E-state index in [4.69, 9.17) is 13.8 Å². The summed E-state index contributed by atoms with van der Waals surface area (Å²) in [5.41, 5.74) is 0. The van der Waals surface area contributed by atoms with Crippen molar-refractivity contribution in [3.8, 4) is 0 Å². The lowest BCUT2D eigenvalue weighted by Crippen LogP contribution is -2.47. The lowest BCUT2D eigenvalue weighted by molar-refractivity contribution is -0.870. The molecule has 0 aromatic rings. The highest BCUT2D eigenvalue weighted by molar-refractivity contribution is 7.45. The molecule has 0 aromatic carbocycles. The molecule has 3 unspecified atom stereocenters. The summed E-state index contributed by atoms with van der Waals surface area (Å²) >= 11 is 0. The highest BCUT2D eigenvalue weighted by atomic mass is 31.2. The molecule has 1 amide bonds. The topological polar surface area (TPSA) is 114 Å². The number of allylic oxidation sites excluding steroid dienone is 9. The molecule has 0 aliphatic heterocycles. The van der Waals surface area contributed by atoms with Crippen LogP contribution in [0, 0.1) is 0 Å². The number of hydrogen-bond acceptors (Lipinski definition) is 7. The van der Waals surface area contributed by atoms with Gasteiger partial charge in [-0.25, -0.2) is 0 Å². The first kappa shape index (κ1) is 86.7. The molecule has 0 saturated carbocycles. The van der Waals surface area contributed by atoms with Crippen molar-refractivity contribution < 1.29 is 37.3 Å². The molecule has 10 heteroatoms. The average Bonchev–Trinajstić information content (AvgIpc) is 3.63. The molecule has 0 spiro atoms. The van der Waals surface area contributed by atoms with E-state index >= 15 is 0 Å². The maximum Gasteiger partial charge on any atom is 0.306 e. The number of nitrogens with one attached hydrogen (secondary N) is 1. The van der Waals surface area contributed by atoms with Gasteiger partial charge in [0.1, 0.15) is 19.3 Å². The molecule has 522 valence electrons. The molecule has 0 heterocycles. The van der Waals surface area contributed by atoms with E-state index in [0.29, 0.717) is 17.4 Å². The van der Waals surface area contributed by atoms with Crippen molar-refractivity contribution >= 4 is 19.7 Å². The second-order valence-electron chi connectivity index (χ2n) is 27.5. The summed E-state index contributed by atoms with van der Waals surface area (Å²) < 4.78 is 30.5. The van der Waals surface area contributed by atoms with Gasteiger partial charge in [-0.05, 0) is 76.7 Å².